The van der Waals surface area contributed by atoms with Crippen LogP contribution in [0.15, 0.2) is 0 Å². The van der Waals surface area contributed by atoms with E-state index in [1.807, 2.05) is 20.8 Å². The molecule has 0 spiro atoms. The molecular weight excluding hydrogens is 190 g/mol. The van der Waals surface area contributed by atoms with Crippen LogP contribution in [0.5, 0.6) is 0 Å². The summed E-state index contributed by atoms with van der Waals surface area (Å²) in [7, 11) is 0. The van der Waals surface area contributed by atoms with Crippen LogP contribution in [0.2, 0.25) is 0 Å². The van der Waals surface area contributed by atoms with Gasteiger partial charge in [-0.3, -0.25) is 4.79 Å². The lowest BCUT2D eigenvalue weighted by atomic mass is 10.1. The van der Waals surface area contributed by atoms with Crippen molar-refractivity contribution in [3.05, 3.63) is 0 Å². The Morgan fingerprint density at radius 1 is 1.40 bits per heavy atom. The normalized spacial score (nSPS) is 18.7. The van der Waals surface area contributed by atoms with Crippen LogP contribution in [0.1, 0.15) is 47.0 Å². The van der Waals surface area contributed by atoms with Crippen LogP contribution in [0.3, 0.4) is 0 Å². The van der Waals surface area contributed by atoms with Gasteiger partial charge in [-0.2, -0.15) is 0 Å². The van der Waals surface area contributed by atoms with Crippen molar-refractivity contribution in [1.82, 2.24) is 5.32 Å². The molecule has 0 aromatic heterocycles. The number of carbonyl (C=O) groups excluding carboxylic acids is 1. The summed E-state index contributed by atoms with van der Waals surface area (Å²) in [4.78, 5) is 11.3. The first-order valence-corrected chi connectivity index (χ1v) is 5.73. The molecule has 0 saturated heterocycles. The first kappa shape index (κ1) is 12.5. The van der Waals surface area contributed by atoms with Crippen molar-refractivity contribution < 1.29 is 9.53 Å². The van der Waals surface area contributed by atoms with E-state index in [1.165, 1.54) is 12.8 Å². The van der Waals surface area contributed by atoms with Crippen LogP contribution in [0.4, 0.5) is 0 Å². The third kappa shape index (κ3) is 5.78. The molecule has 0 aliphatic heterocycles. The maximum atomic E-state index is 11.3. The van der Waals surface area contributed by atoms with Gasteiger partial charge in [0.1, 0.15) is 5.60 Å². The zero-order valence-electron chi connectivity index (χ0n) is 10.4. The molecule has 0 radical (unpaired) electrons. The first-order valence-electron chi connectivity index (χ1n) is 5.73. The van der Waals surface area contributed by atoms with E-state index in [9.17, 15) is 4.79 Å². The maximum absolute atomic E-state index is 11.3. The van der Waals surface area contributed by atoms with Crippen molar-refractivity contribution in [2.45, 2.75) is 52.6 Å². The molecule has 0 unspecified atom stereocenters. The average Bonchev–Trinajstić information content (AvgIpc) is 2.75. The molecule has 0 heterocycles. The highest BCUT2D eigenvalue weighted by Gasteiger charge is 2.36. The number of esters is 1. The van der Waals surface area contributed by atoms with Gasteiger partial charge in [0.25, 0.3) is 0 Å². The van der Waals surface area contributed by atoms with Crippen LogP contribution in [-0.2, 0) is 9.53 Å². The zero-order valence-corrected chi connectivity index (χ0v) is 10.4. The van der Waals surface area contributed by atoms with Gasteiger partial charge in [0, 0.05) is 13.1 Å². The Kier molecular flexibility index (Phi) is 3.77. The van der Waals surface area contributed by atoms with Crippen LogP contribution in [0.25, 0.3) is 0 Å². The average molecular weight is 213 g/mol. The Labute approximate surface area is 92.6 Å². The standard InChI is InChI=1S/C12H23NO2/c1-11(2,3)15-10(14)5-8-13-9-12(4)6-7-12/h13H,5-9H2,1-4H3. The fourth-order valence-corrected chi connectivity index (χ4v) is 1.36. The minimum Gasteiger partial charge on any atom is -0.460 e. The van der Waals surface area contributed by atoms with Crippen molar-refractivity contribution in [2.75, 3.05) is 13.1 Å². The van der Waals surface area contributed by atoms with E-state index in [2.05, 4.69) is 12.2 Å². The van der Waals surface area contributed by atoms with Crippen molar-refractivity contribution in [3.8, 4) is 0 Å². The predicted octanol–water partition coefficient (Wildman–Crippen LogP) is 2.11. The second-order valence-corrected chi connectivity index (χ2v) is 5.82. The van der Waals surface area contributed by atoms with Gasteiger partial charge in [-0.1, -0.05) is 6.92 Å². The van der Waals surface area contributed by atoms with E-state index < -0.39 is 0 Å². The van der Waals surface area contributed by atoms with Gasteiger partial charge in [0.15, 0.2) is 0 Å². The molecule has 1 aliphatic rings. The van der Waals surface area contributed by atoms with Crippen molar-refractivity contribution in [3.63, 3.8) is 0 Å². The summed E-state index contributed by atoms with van der Waals surface area (Å²) in [5.41, 5.74) is 0.146. The summed E-state index contributed by atoms with van der Waals surface area (Å²) in [5.74, 6) is -0.115. The Balaban J connectivity index is 2.02. The smallest absolute Gasteiger partial charge is 0.307 e. The van der Waals surface area contributed by atoms with Gasteiger partial charge in [0.05, 0.1) is 6.42 Å². The number of rotatable bonds is 5. The summed E-state index contributed by atoms with van der Waals surface area (Å²) >= 11 is 0. The molecule has 1 aliphatic carbocycles. The molecule has 1 fully saturated rings. The van der Waals surface area contributed by atoms with Crippen LogP contribution < -0.4 is 5.32 Å². The summed E-state index contributed by atoms with van der Waals surface area (Å²) in [5, 5.41) is 3.30. The quantitative estimate of drug-likeness (QED) is 0.561. The fourth-order valence-electron chi connectivity index (χ4n) is 1.36. The van der Waals surface area contributed by atoms with Crippen LogP contribution in [0, 0.1) is 5.41 Å². The molecule has 0 aromatic rings. The van der Waals surface area contributed by atoms with Crippen LogP contribution in [-0.4, -0.2) is 24.7 Å². The molecule has 1 rings (SSSR count). The Hall–Kier alpha value is -0.570. The lowest BCUT2D eigenvalue weighted by molar-refractivity contribution is -0.154. The summed E-state index contributed by atoms with van der Waals surface area (Å²) in [6, 6.07) is 0. The first-order chi connectivity index (χ1) is 6.81. The fraction of sp³-hybridized carbons (Fsp3) is 0.917. The number of nitrogens with one attached hydrogen (secondary N) is 1. The number of carbonyl (C=O) groups is 1. The minimum atomic E-state index is -0.362. The Morgan fingerprint density at radius 2 is 2.00 bits per heavy atom. The molecule has 1 N–H and O–H groups in total. The second-order valence-electron chi connectivity index (χ2n) is 5.82. The maximum Gasteiger partial charge on any atom is 0.307 e. The number of ether oxygens (including phenoxy) is 1. The summed E-state index contributed by atoms with van der Waals surface area (Å²) < 4.78 is 5.21. The molecule has 0 bridgehead atoms. The van der Waals surface area contributed by atoms with Gasteiger partial charge in [-0.15, -0.1) is 0 Å². The third-order valence-corrected chi connectivity index (χ3v) is 2.58. The van der Waals surface area contributed by atoms with E-state index in [4.69, 9.17) is 4.74 Å². The summed E-state index contributed by atoms with van der Waals surface area (Å²) in [6.45, 7) is 9.70. The molecule has 3 heteroatoms. The zero-order chi connectivity index (χ0) is 11.5. The lowest BCUT2D eigenvalue weighted by Crippen LogP contribution is -2.28. The topological polar surface area (TPSA) is 38.3 Å². The van der Waals surface area contributed by atoms with Gasteiger partial charge in [0.2, 0.25) is 0 Å². The van der Waals surface area contributed by atoms with Crippen LogP contribution >= 0.6 is 0 Å². The van der Waals surface area contributed by atoms with Gasteiger partial charge >= 0.3 is 5.97 Å². The number of hydrogen-bond acceptors (Lipinski definition) is 3. The highest BCUT2D eigenvalue weighted by atomic mass is 16.6. The van der Waals surface area contributed by atoms with Crippen molar-refractivity contribution >= 4 is 5.97 Å². The molecule has 88 valence electrons. The molecule has 0 aromatic carbocycles. The second kappa shape index (κ2) is 4.52. The van der Waals surface area contributed by atoms with E-state index >= 15 is 0 Å². The molecule has 3 nitrogen and oxygen atoms in total. The van der Waals surface area contributed by atoms with Crippen molar-refractivity contribution in [1.29, 1.82) is 0 Å². The highest BCUT2D eigenvalue weighted by molar-refractivity contribution is 5.70. The number of hydrogen-bond donors (Lipinski definition) is 1. The van der Waals surface area contributed by atoms with Crippen molar-refractivity contribution in [2.24, 2.45) is 5.41 Å². The van der Waals surface area contributed by atoms with E-state index in [-0.39, 0.29) is 11.6 Å². The van der Waals surface area contributed by atoms with Gasteiger partial charge < -0.3 is 10.1 Å². The largest absolute Gasteiger partial charge is 0.460 e. The highest BCUT2D eigenvalue weighted by Crippen LogP contribution is 2.43. The SMILES string of the molecule is CC1(CNCCC(=O)OC(C)(C)C)CC1. The monoisotopic (exact) mass is 213 g/mol. The Bertz CT molecular complexity index is 226. The molecule has 0 atom stereocenters. The Morgan fingerprint density at radius 3 is 2.47 bits per heavy atom. The van der Waals surface area contributed by atoms with E-state index in [0.29, 0.717) is 11.8 Å². The van der Waals surface area contributed by atoms with E-state index in [0.717, 1.165) is 13.1 Å². The molecule has 1 saturated carbocycles. The van der Waals surface area contributed by atoms with E-state index in [1.54, 1.807) is 0 Å². The van der Waals surface area contributed by atoms with Gasteiger partial charge in [-0.25, -0.2) is 0 Å². The summed E-state index contributed by atoms with van der Waals surface area (Å²) in [6.07, 6.45) is 3.09. The lowest BCUT2D eigenvalue weighted by Gasteiger charge is -2.19. The molecule has 0 amide bonds. The predicted molar refractivity (Wildman–Crippen MR) is 60.7 cm³/mol. The third-order valence-electron chi connectivity index (χ3n) is 2.58. The van der Waals surface area contributed by atoms with Gasteiger partial charge in [-0.05, 0) is 39.0 Å². The molecular formula is C12H23NO2. The molecule has 15 heavy (non-hydrogen) atoms. The minimum absolute atomic E-state index is 0.115.